The summed E-state index contributed by atoms with van der Waals surface area (Å²) in [4.78, 5) is 14.5. The molecule has 0 fully saturated rings. The zero-order valence-electron chi connectivity index (χ0n) is 16.4. The van der Waals surface area contributed by atoms with Crippen LogP contribution in [0.15, 0.2) is 54.7 Å². The van der Waals surface area contributed by atoms with Gasteiger partial charge in [-0.05, 0) is 29.7 Å². The maximum Gasteiger partial charge on any atom is 0.257 e. The van der Waals surface area contributed by atoms with Crippen LogP contribution in [0.1, 0.15) is 34.1 Å². The van der Waals surface area contributed by atoms with Crippen molar-refractivity contribution < 1.29 is 13.9 Å². The highest BCUT2D eigenvalue weighted by atomic mass is 19.1. The number of ether oxygens (including phenoxy) is 1. The minimum absolute atomic E-state index is 0.132. The predicted molar refractivity (Wildman–Crippen MR) is 106 cm³/mol. The predicted octanol–water partition coefficient (Wildman–Crippen LogP) is 3.91. The fourth-order valence-corrected chi connectivity index (χ4v) is 3.21. The molecule has 0 aliphatic heterocycles. The van der Waals surface area contributed by atoms with Crippen LogP contribution in [0.3, 0.4) is 0 Å². The van der Waals surface area contributed by atoms with Crippen LogP contribution in [0, 0.1) is 5.82 Å². The van der Waals surface area contributed by atoms with Gasteiger partial charge in [-0.3, -0.25) is 9.48 Å². The summed E-state index contributed by atoms with van der Waals surface area (Å²) in [6.45, 7) is 2.92. The highest BCUT2D eigenvalue weighted by Gasteiger charge is 2.20. The zero-order valence-corrected chi connectivity index (χ0v) is 16.4. The Morgan fingerprint density at radius 1 is 1.18 bits per heavy atom. The molecular weight excluding hydrogens is 357 g/mol. The first-order valence-electron chi connectivity index (χ1n) is 9.20. The number of carbonyl (C=O) groups is 1. The molecule has 0 N–H and O–H groups in total. The molecule has 0 spiro atoms. The third kappa shape index (κ3) is 4.22. The van der Waals surface area contributed by atoms with Crippen molar-refractivity contribution in [2.45, 2.75) is 26.4 Å². The molecule has 0 aliphatic rings. The second-order valence-electron chi connectivity index (χ2n) is 6.63. The van der Waals surface area contributed by atoms with Gasteiger partial charge in [0.1, 0.15) is 0 Å². The quantitative estimate of drug-likeness (QED) is 0.623. The molecule has 0 saturated carbocycles. The van der Waals surface area contributed by atoms with Gasteiger partial charge in [0.2, 0.25) is 0 Å². The third-order valence-electron chi connectivity index (χ3n) is 4.67. The van der Waals surface area contributed by atoms with Crippen molar-refractivity contribution in [3.8, 4) is 5.75 Å². The van der Waals surface area contributed by atoms with E-state index in [1.54, 1.807) is 30.3 Å². The van der Waals surface area contributed by atoms with Crippen molar-refractivity contribution in [1.29, 1.82) is 0 Å². The van der Waals surface area contributed by atoms with Crippen molar-refractivity contribution >= 4 is 5.91 Å². The van der Waals surface area contributed by atoms with Gasteiger partial charge in [-0.25, -0.2) is 4.39 Å². The molecule has 0 aliphatic carbocycles. The summed E-state index contributed by atoms with van der Waals surface area (Å²) >= 11 is 0. The smallest absolute Gasteiger partial charge is 0.257 e. The molecule has 1 aromatic heterocycles. The number of benzene rings is 2. The molecule has 0 atom stereocenters. The number of halogens is 1. The minimum atomic E-state index is -0.439. The fourth-order valence-electron chi connectivity index (χ4n) is 3.21. The third-order valence-corrected chi connectivity index (χ3v) is 4.67. The van der Waals surface area contributed by atoms with Gasteiger partial charge in [0.15, 0.2) is 11.6 Å². The van der Waals surface area contributed by atoms with E-state index in [1.807, 2.05) is 41.9 Å². The van der Waals surface area contributed by atoms with Gasteiger partial charge in [-0.2, -0.15) is 5.10 Å². The number of hydrogen-bond acceptors (Lipinski definition) is 3. The molecule has 3 aromatic rings. The van der Waals surface area contributed by atoms with Crippen LogP contribution in [-0.2, 0) is 19.5 Å². The van der Waals surface area contributed by atoms with E-state index < -0.39 is 5.82 Å². The van der Waals surface area contributed by atoms with Gasteiger partial charge in [0.25, 0.3) is 5.91 Å². The number of carbonyl (C=O) groups excluding carboxylic acids is 1. The van der Waals surface area contributed by atoms with Crippen molar-refractivity contribution in [2.75, 3.05) is 14.2 Å². The van der Waals surface area contributed by atoms with Gasteiger partial charge in [-0.1, -0.05) is 43.3 Å². The lowest BCUT2D eigenvalue weighted by Gasteiger charge is -2.18. The SMILES string of the molecule is CCc1c(C(=O)N(C)Cc2ccc(OC)c(F)c2)cnn1Cc1ccccc1. The maximum absolute atomic E-state index is 13.9. The molecule has 0 unspecified atom stereocenters. The monoisotopic (exact) mass is 381 g/mol. The average molecular weight is 381 g/mol. The molecule has 1 heterocycles. The van der Waals surface area contributed by atoms with Crippen LogP contribution < -0.4 is 4.74 Å². The van der Waals surface area contributed by atoms with E-state index in [9.17, 15) is 9.18 Å². The first-order valence-corrected chi connectivity index (χ1v) is 9.20. The number of aromatic nitrogens is 2. The number of amides is 1. The Kier molecular flexibility index (Phi) is 6.09. The van der Waals surface area contributed by atoms with Gasteiger partial charge >= 0.3 is 0 Å². The largest absolute Gasteiger partial charge is 0.494 e. The summed E-state index contributed by atoms with van der Waals surface area (Å²) < 4.78 is 20.7. The molecule has 0 radical (unpaired) electrons. The summed E-state index contributed by atoms with van der Waals surface area (Å²) in [5.41, 5.74) is 3.29. The van der Waals surface area contributed by atoms with Gasteiger partial charge in [0, 0.05) is 13.6 Å². The van der Waals surface area contributed by atoms with E-state index in [-0.39, 0.29) is 11.7 Å². The normalized spacial score (nSPS) is 10.7. The van der Waals surface area contributed by atoms with Gasteiger partial charge in [0.05, 0.1) is 31.1 Å². The minimum Gasteiger partial charge on any atom is -0.494 e. The summed E-state index contributed by atoms with van der Waals surface area (Å²) in [6, 6.07) is 14.7. The summed E-state index contributed by atoms with van der Waals surface area (Å²) in [5.74, 6) is -0.383. The number of nitrogens with zero attached hydrogens (tertiary/aromatic N) is 3. The standard InChI is InChI=1S/C22H24FN3O2/c1-4-20-18(13-24-26(20)15-16-8-6-5-7-9-16)22(27)25(2)14-17-10-11-21(28-3)19(23)12-17/h5-13H,4,14-15H2,1-3H3. The van der Waals surface area contributed by atoms with E-state index in [4.69, 9.17) is 4.74 Å². The van der Waals surface area contributed by atoms with Crippen molar-refractivity contribution in [3.05, 3.63) is 82.9 Å². The van der Waals surface area contributed by atoms with E-state index >= 15 is 0 Å². The van der Waals surface area contributed by atoms with E-state index in [2.05, 4.69) is 5.10 Å². The van der Waals surface area contributed by atoms with Crippen LogP contribution in [0.5, 0.6) is 5.75 Å². The zero-order chi connectivity index (χ0) is 20.1. The average Bonchev–Trinajstić information content (AvgIpc) is 3.10. The Morgan fingerprint density at radius 2 is 1.93 bits per heavy atom. The molecule has 6 heteroatoms. The Labute approximate surface area is 164 Å². The molecule has 1 amide bonds. The molecule has 28 heavy (non-hydrogen) atoms. The molecule has 146 valence electrons. The van der Waals surface area contributed by atoms with Crippen LogP contribution >= 0.6 is 0 Å². The lowest BCUT2D eigenvalue weighted by atomic mass is 10.1. The number of methoxy groups -OCH3 is 1. The van der Waals surface area contributed by atoms with Crippen LogP contribution in [0.4, 0.5) is 4.39 Å². The van der Waals surface area contributed by atoms with Crippen LogP contribution in [-0.4, -0.2) is 34.7 Å². The Balaban J connectivity index is 1.77. The molecule has 0 saturated heterocycles. The van der Waals surface area contributed by atoms with Crippen LogP contribution in [0.25, 0.3) is 0 Å². The summed E-state index contributed by atoms with van der Waals surface area (Å²) in [7, 11) is 3.13. The van der Waals surface area contributed by atoms with Crippen molar-refractivity contribution in [3.63, 3.8) is 0 Å². The van der Waals surface area contributed by atoms with E-state index in [0.29, 0.717) is 30.6 Å². The maximum atomic E-state index is 13.9. The molecular formula is C22H24FN3O2. The molecule has 5 nitrogen and oxygen atoms in total. The lowest BCUT2D eigenvalue weighted by Crippen LogP contribution is -2.27. The van der Waals surface area contributed by atoms with Gasteiger partial charge < -0.3 is 9.64 Å². The highest BCUT2D eigenvalue weighted by molar-refractivity contribution is 5.95. The first-order chi connectivity index (χ1) is 13.5. The van der Waals surface area contributed by atoms with Crippen molar-refractivity contribution in [1.82, 2.24) is 14.7 Å². The first kappa shape index (κ1) is 19.6. The Hall–Kier alpha value is -3.15. The number of rotatable bonds is 7. The summed E-state index contributed by atoms with van der Waals surface area (Å²) in [6.07, 6.45) is 2.31. The Bertz CT molecular complexity index is 954. The second-order valence-corrected chi connectivity index (χ2v) is 6.63. The van der Waals surface area contributed by atoms with E-state index in [0.717, 1.165) is 11.3 Å². The molecule has 2 aromatic carbocycles. The summed E-state index contributed by atoms with van der Waals surface area (Å²) in [5, 5.41) is 4.42. The molecule has 0 bridgehead atoms. The van der Waals surface area contributed by atoms with Crippen molar-refractivity contribution in [2.24, 2.45) is 0 Å². The Morgan fingerprint density at radius 3 is 2.57 bits per heavy atom. The van der Waals surface area contributed by atoms with Gasteiger partial charge in [-0.15, -0.1) is 0 Å². The molecule has 3 rings (SSSR count). The second kappa shape index (κ2) is 8.69. The lowest BCUT2D eigenvalue weighted by molar-refractivity contribution is 0.0783. The fraction of sp³-hybridized carbons (Fsp3) is 0.273. The number of hydrogen-bond donors (Lipinski definition) is 0. The van der Waals surface area contributed by atoms with E-state index in [1.165, 1.54) is 13.2 Å². The van der Waals surface area contributed by atoms with Crippen LogP contribution in [0.2, 0.25) is 0 Å². The topological polar surface area (TPSA) is 47.4 Å². The highest BCUT2D eigenvalue weighted by Crippen LogP contribution is 2.20.